The van der Waals surface area contributed by atoms with E-state index in [4.69, 9.17) is 10.5 Å². The summed E-state index contributed by atoms with van der Waals surface area (Å²) in [6.45, 7) is 0.817. The molecule has 0 atom stereocenters. The van der Waals surface area contributed by atoms with Crippen molar-refractivity contribution in [3.8, 4) is 5.75 Å². The summed E-state index contributed by atoms with van der Waals surface area (Å²) < 4.78 is 9.22. The summed E-state index contributed by atoms with van der Waals surface area (Å²) in [5.74, 6) is 0.523. The number of fused-ring (bicyclic) bond motifs is 3. The van der Waals surface area contributed by atoms with Crippen molar-refractivity contribution in [3.05, 3.63) is 45.1 Å². The van der Waals surface area contributed by atoms with Crippen LogP contribution in [-0.4, -0.2) is 38.2 Å². The van der Waals surface area contributed by atoms with Crippen molar-refractivity contribution in [2.45, 2.75) is 19.5 Å². The zero-order valence-electron chi connectivity index (χ0n) is 15.6. The number of rotatable bonds is 4. The molecule has 1 amide bonds. The van der Waals surface area contributed by atoms with E-state index in [9.17, 15) is 14.4 Å². The Balaban J connectivity index is 1.97. The van der Waals surface area contributed by atoms with Gasteiger partial charge in [-0.3, -0.25) is 14.2 Å². The molecular weight excluding hydrogens is 364 g/mol. The highest BCUT2D eigenvalue weighted by Gasteiger charge is 2.27. The number of anilines is 2. The Morgan fingerprint density at radius 2 is 2.07 bits per heavy atom. The molecule has 0 fully saturated rings. The van der Waals surface area contributed by atoms with E-state index < -0.39 is 23.7 Å². The van der Waals surface area contributed by atoms with Crippen molar-refractivity contribution in [3.63, 3.8) is 0 Å². The van der Waals surface area contributed by atoms with Gasteiger partial charge in [-0.15, -0.1) is 0 Å². The van der Waals surface area contributed by atoms with Gasteiger partial charge in [-0.2, -0.15) is 4.98 Å². The van der Waals surface area contributed by atoms with Gasteiger partial charge in [0.15, 0.2) is 11.2 Å². The second-order valence-corrected chi connectivity index (χ2v) is 6.64. The first-order chi connectivity index (χ1) is 13.4. The van der Waals surface area contributed by atoms with Crippen LogP contribution in [0.1, 0.15) is 6.42 Å². The molecule has 0 saturated carbocycles. The van der Waals surface area contributed by atoms with Gasteiger partial charge >= 0.3 is 5.69 Å². The monoisotopic (exact) mass is 384 g/mol. The number of aromatic nitrogens is 4. The molecule has 0 saturated heterocycles. The molecular formula is C18H20N6O4. The van der Waals surface area contributed by atoms with Crippen LogP contribution < -0.4 is 26.6 Å². The van der Waals surface area contributed by atoms with Crippen LogP contribution in [0.2, 0.25) is 0 Å². The molecule has 4 rings (SSSR count). The minimum atomic E-state index is -0.755. The standard InChI is InChI=1S/C18H20N6O4/c1-21-15-14(16(26)24(18(21)27)10-13(19)25)23-8-4-7-22(17(23)20-15)11-5-3-6-12(9-11)28-2/h3,5-6,9H,4,7-8,10H2,1-2H3,(H2,19,25). The topological polar surface area (TPSA) is 117 Å². The highest BCUT2D eigenvalue weighted by Crippen LogP contribution is 2.32. The molecule has 0 unspecified atom stereocenters. The lowest BCUT2D eigenvalue weighted by Crippen LogP contribution is -2.42. The number of hydrogen-bond donors (Lipinski definition) is 1. The van der Waals surface area contributed by atoms with Crippen LogP contribution in [0.5, 0.6) is 5.75 Å². The number of carbonyl (C=O) groups is 1. The molecule has 1 aromatic carbocycles. The molecule has 0 bridgehead atoms. The smallest absolute Gasteiger partial charge is 0.332 e. The van der Waals surface area contributed by atoms with Crippen molar-refractivity contribution in [1.82, 2.24) is 18.7 Å². The zero-order chi connectivity index (χ0) is 20.0. The Kier molecular flexibility index (Phi) is 4.17. The average Bonchev–Trinajstić information content (AvgIpc) is 3.09. The number of carbonyl (C=O) groups excluding carboxylic acids is 1. The van der Waals surface area contributed by atoms with E-state index in [0.29, 0.717) is 24.8 Å². The SMILES string of the molecule is COc1cccc(N2CCCn3c2nc2c3c(=O)n(CC(N)=O)c(=O)n2C)c1. The maximum Gasteiger partial charge on any atom is 0.332 e. The zero-order valence-corrected chi connectivity index (χ0v) is 15.6. The van der Waals surface area contributed by atoms with Crippen LogP contribution in [0.25, 0.3) is 11.2 Å². The molecule has 1 aliphatic rings. The van der Waals surface area contributed by atoms with Crippen molar-refractivity contribution in [1.29, 1.82) is 0 Å². The Morgan fingerprint density at radius 3 is 2.79 bits per heavy atom. The summed E-state index contributed by atoms with van der Waals surface area (Å²) in [5.41, 5.74) is 5.45. The maximum absolute atomic E-state index is 13.0. The second-order valence-electron chi connectivity index (χ2n) is 6.64. The Morgan fingerprint density at radius 1 is 1.29 bits per heavy atom. The van der Waals surface area contributed by atoms with Gasteiger partial charge in [0.2, 0.25) is 11.9 Å². The predicted molar refractivity (Wildman–Crippen MR) is 103 cm³/mol. The first kappa shape index (κ1) is 17.8. The minimum Gasteiger partial charge on any atom is -0.497 e. The van der Waals surface area contributed by atoms with E-state index in [1.54, 1.807) is 11.7 Å². The molecule has 28 heavy (non-hydrogen) atoms. The summed E-state index contributed by atoms with van der Waals surface area (Å²) in [4.78, 5) is 43.4. The van der Waals surface area contributed by atoms with E-state index in [1.165, 1.54) is 11.6 Å². The number of aryl methyl sites for hydroxylation is 2. The number of imidazole rings is 1. The van der Waals surface area contributed by atoms with E-state index in [-0.39, 0.29) is 11.2 Å². The van der Waals surface area contributed by atoms with Crippen LogP contribution in [0, 0.1) is 0 Å². The van der Waals surface area contributed by atoms with Gasteiger partial charge in [-0.05, 0) is 18.6 Å². The summed E-state index contributed by atoms with van der Waals surface area (Å²) in [6, 6.07) is 7.55. The molecule has 0 radical (unpaired) electrons. The Labute approximate surface area is 159 Å². The number of primary amides is 1. The molecule has 1 aliphatic heterocycles. The van der Waals surface area contributed by atoms with Crippen LogP contribution in [0.3, 0.4) is 0 Å². The molecule has 146 valence electrons. The number of ether oxygens (including phenoxy) is 1. The van der Waals surface area contributed by atoms with Crippen molar-refractivity contribution in [2.24, 2.45) is 12.8 Å². The van der Waals surface area contributed by atoms with Crippen LogP contribution >= 0.6 is 0 Å². The Hall–Kier alpha value is -3.56. The van der Waals surface area contributed by atoms with Gasteiger partial charge in [0.1, 0.15) is 12.3 Å². The van der Waals surface area contributed by atoms with Gasteiger partial charge in [0.25, 0.3) is 5.56 Å². The van der Waals surface area contributed by atoms with Gasteiger partial charge in [0, 0.05) is 31.9 Å². The number of hydrogen-bond acceptors (Lipinski definition) is 6. The largest absolute Gasteiger partial charge is 0.497 e. The maximum atomic E-state index is 13.0. The van der Waals surface area contributed by atoms with E-state index in [2.05, 4.69) is 4.98 Å². The van der Waals surface area contributed by atoms with Crippen LogP contribution in [0.15, 0.2) is 33.9 Å². The first-order valence-corrected chi connectivity index (χ1v) is 8.82. The fourth-order valence-corrected chi connectivity index (χ4v) is 3.58. The van der Waals surface area contributed by atoms with Gasteiger partial charge in [0.05, 0.1) is 7.11 Å². The highest BCUT2D eigenvalue weighted by molar-refractivity contribution is 5.78. The van der Waals surface area contributed by atoms with Crippen molar-refractivity contribution < 1.29 is 9.53 Å². The first-order valence-electron chi connectivity index (χ1n) is 8.82. The van der Waals surface area contributed by atoms with E-state index in [1.807, 2.05) is 29.2 Å². The Bertz CT molecular complexity index is 1210. The molecule has 10 nitrogen and oxygen atoms in total. The van der Waals surface area contributed by atoms with Gasteiger partial charge < -0.3 is 19.9 Å². The summed E-state index contributed by atoms with van der Waals surface area (Å²) >= 11 is 0. The third kappa shape index (κ3) is 2.65. The summed E-state index contributed by atoms with van der Waals surface area (Å²) in [5, 5.41) is 0. The lowest BCUT2D eigenvalue weighted by atomic mass is 10.2. The van der Waals surface area contributed by atoms with Crippen molar-refractivity contribution >= 4 is 28.7 Å². The van der Waals surface area contributed by atoms with E-state index >= 15 is 0 Å². The summed E-state index contributed by atoms with van der Waals surface area (Å²) in [7, 11) is 3.12. The fraction of sp³-hybridized carbons (Fsp3) is 0.333. The molecule has 3 aromatic rings. The third-order valence-corrected chi connectivity index (χ3v) is 4.90. The number of benzene rings is 1. The number of amides is 1. The number of nitrogens with two attached hydrogens (primary N) is 1. The molecule has 0 spiro atoms. The lowest BCUT2D eigenvalue weighted by Gasteiger charge is -2.29. The number of methoxy groups -OCH3 is 1. The molecule has 0 aliphatic carbocycles. The molecule has 10 heteroatoms. The molecule has 2 N–H and O–H groups in total. The lowest BCUT2D eigenvalue weighted by molar-refractivity contribution is -0.118. The summed E-state index contributed by atoms with van der Waals surface area (Å²) in [6.07, 6.45) is 0.785. The number of nitrogens with zero attached hydrogens (tertiary/aromatic N) is 5. The van der Waals surface area contributed by atoms with Crippen molar-refractivity contribution in [2.75, 3.05) is 18.6 Å². The van der Waals surface area contributed by atoms with Gasteiger partial charge in [-0.25, -0.2) is 9.36 Å². The molecule has 2 aromatic heterocycles. The second kappa shape index (κ2) is 6.55. The average molecular weight is 384 g/mol. The molecule has 3 heterocycles. The van der Waals surface area contributed by atoms with Crippen LogP contribution in [-0.2, 0) is 24.9 Å². The quantitative estimate of drug-likeness (QED) is 0.673. The van der Waals surface area contributed by atoms with Gasteiger partial charge in [-0.1, -0.05) is 6.07 Å². The predicted octanol–water partition coefficient (Wildman–Crippen LogP) is -0.0676. The van der Waals surface area contributed by atoms with Crippen LogP contribution in [0.4, 0.5) is 11.6 Å². The third-order valence-electron chi connectivity index (χ3n) is 4.90. The minimum absolute atomic E-state index is 0.278. The highest BCUT2D eigenvalue weighted by atomic mass is 16.5. The normalized spacial score (nSPS) is 13.6. The fourth-order valence-electron chi connectivity index (χ4n) is 3.58. The van der Waals surface area contributed by atoms with E-state index in [0.717, 1.165) is 16.7 Å².